The van der Waals surface area contributed by atoms with Gasteiger partial charge in [-0.2, -0.15) is 0 Å². The number of imidazole rings is 1. The summed E-state index contributed by atoms with van der Waals surface area (Å²) in [6.45, 7) is 0.539. The zero-order valence-electron chi connectivity index (χ0n) is 22.5. The second-order valence-corrected chi connectivity index (χ2v) is 10.2. The van der Waals surface area contributed by atoms with Gasteiger partial charge in [0.15, 0.2) is 0 Å². The number of nitrogens with two attached hydrogens (primary N) is 1. The van der Waals surface area contributed by atoms with E-state index in [2.05, 4.69) is 12.1 Å². The van der Waals surface area contributed by atoms with Crippen LogP contribution in [-0.4, -0.2) is 29.7 Å². The molecule has 8 heteroatoms. The maximum Gasteiger partial charge on any atom is 0.337 e. The standard InChI is InChI=1S/C33H27Cl2N3O3/c1-40-31-15-12-25(17-29(31)36)23-8-3-21(4-9-23)7-16-32-37-30(27-14-13-26(34)18-28(27)35)20-38(32)19-22-5-10-24(11-6-22)33(39)41-2/h3-18,20H,19,36H2,1-2H3/b16-7+. The molecule has 2 N–H and O–H groups in total. The molecule has 0 aliphatic heterocycles. The number of carbonyl (C=O) groups excluding carboxylic acids is 1. The third kappa shape index (κ3) is 6.46. The maximum atomic E-state index is 11.8. The fourth-order valence-corrected chi connectivity index (χ4v) is 4.95. The van der Waals surface area contributed by atoms with Crippen LogP contribution in [0.2, 0.25) is 10.0 Å². The number of nitrogens with zero attached hydrogens (tertiary/aromatic N) is 2. The first-order chi connectivity index (χ1) is 19.8. The Balaban J connectivity index is 1.44. The van der Waals surface area contributed by atoms with Gasteiger partial charge in [-0.1, -0.05) is 71.7 Å². The Morgan fingerprint density at radius 1 is 0.902 bits per heavy atom. The van der Waals surface area contributed by atoms with E-state index in [9.17, 15) is 4.79 Å². The summed E-state index contributed by atoms with van der Waals surface area (Å²) < 4.78 is 12.1. The Morgan fingerprint density at radius 2 is 1.63 bits per heavy atom. The van der Waals surface area contributed by atoms with E-state index < -0.39 is 0 Å². The number of hydrogen-bond donors (Lipinski definition) is 1. The van der Waals surface area contributed by atoms with Crippen LogP contribution in [0.3, 0.4) is 0 Å². The minimum absolute atomic E-state index is 0.371. The van der Waals surface area contributed by atoms with Gasteiger partial charge in [0.05, 0.1) is 36.2 Å². The zero-order valence-corrected chi connectivity index (χ0v) is 24.0. The van der Waals surface area contributed by atoms with Crippen molar-refractivity contribution in [2.75, 3.05) is 20.0 Å². The average Bonchev–Trinajstić information content (AvgIpc) is 3.38. The van der Waals surface area contributed by atoms with Crippen molar-refractivity contribution in [3.8, 4) is 28.1 Å². The lowest BCUT2D eigenvalue weighted by atomic mass is 10.0. The number of ether oxygens (including phenoxy) is 2. The number of rotatable bonds is 8. The minimum atomic E-state index is -0.371. The van der Waals surface area contributed by atoms with Gasteiger partial charge in [0, 0.05) is 23.3 Å². The number of aromatic nitrogens is 2. The number of methoxy groups -OCH3 is 2. The first kappa shape index (κ1) is 28.0. The second kappa shape index (κ2) is 12.3. The summed E-state index contributed by atoms with van der Waals surface area (Å²) >= 11 is 12.6. The van der Waals surface area contributed by atoms with Crippen LogP contribution in [-0.2, 0) is 11.3 Å². The summed E-state index contributed by atoms with van der Waals surface area (Å²) in [7, 11) is 2.97. The molecule has 0 fully saturated rings. The number of hydrogen-bond acceptors (Lipinski definition) is 5. The molecular weight excluding hydrogens is 557 g/mol. The van der Waals surface area contributed by atoms with Crippen LogP contribution in [0.25, 0.3) is 34.5 Å². The van der Waals surface area contributed by atoms with E-state index in [1.54, 1.807) is 31.4 Å². The molecule has 0 amide bonds. The Kier molecular flexibility index (Phi) is 8.43. The van der Waals surface area contributed by atoms with E-state index in [1.807, 2.05) is 71.4 Å². The van der Waals surface area contributed by atoms with Crippen LogP contribution >= 0.6 is 23.2 Å². The molecule has 0 saturated carbocycles. The summed E-state index contributed by atoms with van der Waals surface area (Å²) in [6.07, 6.45) is 5.94. The van der Waals surface area contributed by atoms with Gasteiger partial charge >= 0.3 is 5.97 Å². The van der Waals surface area contributed by atoms with Gasteiger partial charge in [0.25, 0.3) is 0 Å². The van der Waals surface area contributed by atoms with Crippen LogP contribution in [0.5, 0.6) is 5.75 Å². The Labute approximate surface area is 248 Å². The molecule has 0 aliphatic carbocycles. The van der Waals surface area contributed by atoms with E-state index in [-0.39, 0.29) is 5.97 Å². The van der Waals surface area contributed by atoms with Crippen molar-refractivity contribution in [3.63, 3.8) is 0 Å². The maximum absolute atomic E-state index is 11.8. The fourth-order valence-electron chi connectivity index (χ4n) is 4.45. The van der Waals surface area contributed by atoms with Gasteiger partial charge in [-0.05, 0) is 70.8 Å². The predicted molar refractivity (Wildman–Crippen MR) is 166 cm³/mol. The summed E-state index contributed by atoms with van der Waals surface area (Å²) in [5.41, 5.74) is 12.8. The molecule has 6 nitrogen and oxygen atoms in total. The molecule has 206 valence electrons. The molecule has 4 aromatic carbocycles. The summed E-state index contributed by atoms with van der Waals surface area (Å²) in [5, 5.41) is 1.08. The van der Waals surface area contributed by atoms with E-state index >= 15 is 0 Å². The van der Waals surface area contributed by atoms with E-state index in [0.717, 1.165) is 39.3 Å². The fraction of sp³-hybridized carbons (Fsp3) is 0.0909. The lowest BCUT2D eigenvalue weighted by Crippen LogP contribution is -2.03. The molecule has 5 aromatic rings. The van der Waals surface area contributed by atoms with E-state index in [4.69, 9.17) is 43.4 Å². The number of halogens is 2. The van der Waals surface area contributed by atoms with Gasteiger partial charge in [-0.15, -0.1) is 0 Å². The molecule has 41 heavy (non-hydrogen) atoms. The molecule has 1 aromatic heterocycles. The quantitative estimate of drug-likeness (QED) is 0.147. The van der Waals surface area contributed by atoms with Crippen LogP contribution in [0, 0.1) is 0 Å². The number of esters is 1. The van der Waals surface area contributed by atoms with Crippen molar-refractivity contribution in [1.29, 1.82) is 0 Å². The Hall–Kier alpha value is -4.52. The van der Waals surface area contributed by atoms with Gasteiger partial charge < -0.3 is 19.8 Å². The van der Waals surface area contributed by atoms with Gasteiger partial charge in [0.1, 0.15) is 11.6 Å². The molecular formula is C33H27Cl2N3O3. The highest BCUT2D eigenvalue weighted by molar-refractivity contribution is 6.36. The first-order valence-electron chi connectivity index (χ1n) is 12.8. The topological polar surface area (TPSA) is 79.4 Å². The highest BCUT2D eigenvalue weighted by Gasteiger charge is 2.13. The van der Waals surface area contributed by atoms with Crippen molar-refractivity contribution in [3.05, 3.63) is 124 Å². The van der Waals surface area contributed by atoms with Crippen molar-refractivity contribution in [1.82, 2.24) is 9.55 Å². The second-order valence-electron chi connectivity index (χ2n) is 9.34. The predicted octanol–water partition coefficient (Wildman–Crippen LogP) is 8.12. The molecule has 5 rings (SSSR count). The lowest BCUT2D eigenvalue weighted by Gasteiger charge is -2.08. The van der Waals surface area contributed by atoms with Crippen molar-refractivity contribution < 1.29 is 14.3 Å². The molecule has 0 bridgehead atoms. The minimum Gasteiger partial charge on any atom is -0.495 e. The van der Waals surface area contributed by atoms with E-state index in [1.165, 1.54) is 7.11 Å². The molecule has 1 heterocycles. The molecule has 0 spiro atoms. The molecule has 0 saturated heterocycles. The molecule has 0 aliphatic rings. The summed E-state index contributed by atoms with van der Waals surface area (Å²) in [4.78, 5) is 16.7. The largest absolute Gasteiger partial charge is 0.495 e. The number of carbonyl (C=O) groups is 1. The Morgan fingerprint density at radius 3 is 2.29 bits per heavy atom. The van der Waals surface area contributed by atoms with Crippen molar-refractivity contribution >= 4 is 47.0 Å². The van der Waals surface area contributed by atoms with Gasteiger partial charge in [0.2, 0.25) is 0 Å². The number of benzene rings is 4. The van der Waals surface area contributed by atoms with Crippen LogP contribution in [0.4, 0.5) is 5.69 Å². The smallest absolute Gasteiger partial charge is 0.337 e. The third-order valence-electron chi connectivity index (χ3n) is 6.64. The normalized spacial score (nSPS) is 11.1. The molecule has 0 atom stereocenters. The highest BCUT2D eigenvalue weighted by atomic mass is 35.5. The summed E-state index contributed by atoms with van der Waals surface area (Å²) in [6, 6.07) is 26.6. The first-order valence-corrected chi connectivity index (χ1v) is 13.5. The van der Waals surface area contributed by atoms with Gasteiger partial charge in [-0.25, -0.2) is 9.78 Å². The SMILES string of the molecule is COC(=O)c1ccc(Cn2cc(-c3ccc(Cl)cc3Cl)nc2/C=C/c2ccc(-c3ccc(OC)c(N)c3)cc2)cc1. The monoisotopic (exact) mass is 583 g/mol. The van der Waals surface area contributed by atoms with Crippen LogP contribution in [0.1, 0.15) is 27.3 Å². The van der Waals surface area contributed by atoms with Crippen LogP contribution < -0.4 is 10.5 Å². The average molecular weight is 585 g/mol. The highest BCUT2D eigenvalue weighted by Crippen LogP contribution is 2.31. The third-order valence-corrected chi connectivity index (χ3v) is 7.19. The summed E-state index contributed by atoms with van der Waals surface area (Å²) in [5.74, 6) is 1.03. The number of nitrogen functional groups attached to an aromatic ring is 1. The molecule has 0 radical (unpaired) electrons. The Bertz CT molecular complexity index is 1730. The van der Waals surface area contributed by atoms with Gasteiger partial charge in [-0.3, -0.25) is 0 Å². The number of anilines is 1. The lowest BCUT2D eigenvalue weighted by molar-refractivity contribution is 0.0600. The van der Waals surface area contributed by atoms with Crippen LogP contribution in [0.15, 0.2) is 91.1 Å². The van der Waals surface area contributed by atoms with E-state index in [0.29, 0.717) is 33.6 Å². The molecule has 0 unspecified atom stereocenters. The van der Waals surface area contributed by atoms with Crippen molar-refractivity contribution in [2.45, 2.75) is 6.54 Å². The zero-order chi connectivity index (χ0) is 28.9. The van der Waals surface area contributed by atoms with Crippen molar-refractivity contribution in [2.24, 2.45) is 0 Å².